The Morgan fingerprint density at radius 1 is 1.30 bits per heavy atom. The summed E-state index contributed by atoms with van der Waals surface area (Å²) in [6, 6.07) is 8.85. The van der Waals surface area contributed by atoms with Crippen molar-refractivity contribution in [3.05, 3.63) is 29.3 Å². The molecule has 2 N–H and O–H groups in total. The van der Waals surface area contributed by atoms with Gasteiger partial charge in [-0.05, 0) is 50.3 Å². The summed E-state index contributed by atoms with van der Waals surface area (Å²) in [5.41, 5.74) is 0.814. The zero-order chi connectivity index (χ0) is 20.4. The first kappa shape index (κ1) is 20.4. The monoisotopic (exact) mass is 428 g/mol. The summed E-state index contributed by atoms with van der Waals surface area (Å²) >= 11 is 1.73. The Labute approximate surface area is 182 Å². The number of aromatic nitrogens is 1. The van der Waals surface area contributed by atoms with Gasteiger partial charge >= 0.3 is 0 Å². The molecule has 0 bridgehead atoms. The Morgan fingerprint density at radius 3 is 3.03 bits per heavy atom. The van der Waals surface area contributed by atoms with Gasteiger partial charge in [0.15, 0.2) is 0 Å². The highest BCUT2D eigenvalue weighted by atomic mass is 32.1. The summed E-state index contributed by atoms with van der Waals surface area (Å²) < 4.78 is 6.75. The average Bonchev–Trinajstić information content (AvgIpc) is 3.22. The molecule has 1 aromatic heterocycles. The van der Waals surface area contributed by atoms with Crippen molar-refractivity contribution in [3.63, 3.8) is 0 Å². The normalized spacial score (nSPS) is 30.1. The van der Waals surface area contributed by atoms with Gasteiger partial charge in [-0.1, -0.05) is 12.1 Å². The molecule has 0 spiro atoms. The number of nitrogens with zero attached hydrogens (tertiary/aromatic N) is 2. The molecule has 3 atom stereocenters. The number of piperidine rings is 1. The summed E-state index contributed by atoms with van der Waals surface area (Å²) in [7, 11) is 0. The molecule has 7 heteroatoms. The predicted octanol–water partition coefficient (Wildman–Crippen LogP) is 2.44. The topological polar surface area (TPSA) is 66.5 Å². The van der Waals surface area contributed by atoms with E-state index in [4.69, 9.17) is 9.72 Å². The highest BCUT2D eigenvalue weighted by Gasteiger charge is 2.50. The molecular weight excluding hydrogens is 396 g/mol. The molecule has 30 heavy (non-hydrogen) atoms. The van der Waals surface area contributed by atoms with Crippen LogP contribution in [0.1, 0.15) is 30.7 Å². The predicted molar refractivity (Wildman–Crippen MR) is 120 cm³/mol. The third-order valence-electron chi connectivity index (χ3n) is 7.35. The first-order valence-electron chi connectivity index (χ1n) is 11.4. The molecule has 1 aromatic carbocycles. The number of fused-ring (bicyclic) bond motifs is 2. The highest BCUT2D eigenvalue weighted by Crippen LogP contribution is 2.46. The number of hydrogen-bond donors (Lipinski definition) is 2. The van der Waals surface area contributed by atoms with Gasteiger partial charge in [-0.2, -0.15) is 0 Å². The maximum atomic E-state index is 13.4. The number of carbonyl (C=O) groups excluding carboxylic acids is 1. The standard InChI is InChI=1S/C23H32N4O2S/c28-22(25-10-7-21-26-19-3-1-2-4-20(19)30-21)23-8-5-18(27-11-13-29-14-12-27)15-17(23)6-9-24-16-23/h1-4,17-18,24H,5-16H2,(H,25,28)/t17-,18+,23-/m1/s1. The minimum Gasteiger partial charge on any atom is -0.379 e. The van der Waals surface area contributed by atoms with Crippen molar-refractivity contribution < 1.29 is 9.53 Å². The van der Waals surface area contributed by atoms with Gasteiger partial charge in [-0.15, -0.1) is 11.3 Å². The van der Waals surface area contributed by atoms with E-state index in [0.717, 1.165) is 82.0 Å². The Kier molecular flexibility index (Phi) is 6.05. The number of nitrogens with one attached hydrogen (secondary N) is 2. The zero-order valence-corrected chi connectivity index (χ0v) is 18.4. The first-order valence-corrected chi connectivity index (χ1v) is 12.2. The smallest absolute Gasteiger partial charge is 0.227 e. The number of hydrogen-bond acceptors (Lipinski definition) is 6. The Bertz CT molecular complexity index is 848. The number of carbonyl (C=O) groups is 1. The third kappa shape index (κ3) is 4.00. The summed E-state index contributed by atoms with van der Waals surface area (Å²) in [5.74, 6) is 0.726. The molecule has 0 unspecified atom stereocenters. The van der Waals surface area contributed by atoms with E-state index < -0.39 is 0 Å². The van der Waals surface area contributed by atoms with Gasteiger partial charge in [-0.25, -0.2) is 4.98 Å². The number of morpholine rings is 1. The lowest BCUT2D eigenvalue weighted by atomic mass is 9.61. The molecule has 2 aliphatic heterocycles. The van der Waals surface area contributed by atoms with E-state index >= 15 is 0 Å². The molecule has 2 aromatic rings. The van der Waals surface area contributed by atoms with Crippen molar-refractivity contribution in [3.8, 4) is 0 Å². The first-order chi connectivity index (χ1) is 14.7. The van der Waals surface area contributed by atoms with Crippen LogP contribution in [0.15, 0.2) is 24.3 Å². The fraction of sp³-hybridized carbons (Fsp3) is 0.652. The minimum atomic E-state index is -0.241. The molecule has 162 valence electrons. The van der Waals surface area contributed by atoms with Gasteiger partial charge < -0.3 is 15.4 Å². The lowest BCUT2D eigenvalue weighted by Gasteiger charge is -2.50. The molecule has 6 nitrogen and oxygen atoms in total. The molecule has 3 aliphatic rings. The second-order valence-corrected chi connectivity index (χ2v) is 10.1. The fourth-order valence-electron chi connectivity index (χ4n) is 5.65. The molecule has 3 fully saturated rings. The Hall–Kier alpha value is -1.54. The maximum absolute atomic E-state index is 13.4. The minimum absolute atomic E-state index is 0.241. The molecule has 3 heterocycles. The summed E-state index contributed by atoms with van der Waals surface area (Å²) in [6.45, 7) is 6.29. The van der Waals surface area contributed by atoms with Gasteiger partial charge in [0.25, 0.3) is 0 Å². The molecule has 0 radical (unpaired) electrons. The Balaban J connectivity index is 1.20. The van der Waals surface area contributed by atoms with Gasteiger partial charge in [0.1, 0.15) is 0 Å². The SMILES string of the molecule is O=C(NCCc1nc2ccccc2s1)[C@@]12CC[C@H](N3CCOCC3)C[C@H]1CCNC2. The zero-order valence-electron chi connectivity index (χ0n) is 17.6. The number of amides is 1. The van der Waals surface area contributed by atoms with Crippen LogP contribution in [0.3, 0.4) is 0 Å². The molecule has 1 saturated carbocycles. The van der Waals surface area contributed by atoms with Gasteiger partial charge in [-0.3, -0.25) is 9.69 Å². The number of rotatable bonds is 5. The van der Waals surface area contributed by atoms with Gasteiger partial charge in [0.2, 0.25) is 5.91 Å². The van der Waals surface area contributed by atoms with Crippen LogP contribution in [-0.2, 0) is 16.0 Å². The van der Waals surface area contributed by atoms with Crippen molar-refractivity contribution in [1.29, 1.82) is 0 Å². The second kappa shape index (κ2) is 8.91. The highest BCUT2D eigenvalue weighted by molar-refractivity contribution is 7.18. The van der Waals surface area contributed by atoms with Gasteiger partial charge in [0.05, 0.1) is 33.9 Å². The van der Waals surface area contributed by atoms with Crippen LogP contribution in [0.2, 0.25) is 0 Å². The van der Waals surface area contributed by atoms with Crippen LogP contribution in [0.5, 0.6) is 0 Å². The Morgan fingerprint density at radius 2 is 2.17 bits per heavy atom. The van der Waals surface area contributed by atoms with Gasteiger partial charge in [0, 0.05) is 38.6 Å². The summed E-state index contributed by atoms with van der Waals surface area (Å²) in [4.78, 5) is 20.7. The van der Waals surface area contributed by atoms with Crippen LogP contribution in [0.4, 0.5) is 0 Å². The number of ether oxygens (including phenoxy) is 1. The molecule has 5 rings (SSSR count). The van der Waals surface area contributed by atoms with Crippen LogP contribution in [0, 0.1) is 11.3 Å². The number of para-hydroxylation sites is 1. The van der Waals surface area contributed by atoms with E-state index in [2.05, 4.69) is 33.7 Å². The van der Waals surface area contributed by atoms with Crippen molar-refractivity contribution in [1.82, 2.24) is 20.5 Å². The van der Waals surface area contributed by atoms with Crippen molar-refractivity contribution in [2.75, 3.05) is 45.9 Å². The molecule has 2 saturated heterocycles. The second-order valence-electron chi connectivity index (χ2n) is 8.98. The molecular formula is C23H32N4O2S. The maximum Gasteiger partial charge on any atom is 0.227 e. The van der Waals surface area contributed by atoms with Crippen molar-refractivity contribution in [2.24, 2.45) is 11.3 Å². The largest absolute Gasteiger partial charge is 0.379 e. The van der Waals surface area contributed by atoms with Crippen LogP contribution in [-0.4, -0.2) is 67.8 Å². The van der Waals surface area contributed by atoms with Crippen molar-refractivity contribution in [2.45, 2.75) is 38.1 Å². The number of benzene rings is 1. The quantitative estimate of drug-likeness (QED) is 0.766. The summed E-state index contributed by atoms with van der Waals surface area (Å²) in [5, 5.41) is 7.91. The third-order valence-corrected chi connectivity index (χ3v) is 8.44. The van der Waals surface area contributed by atoms with E-state index in [1.807, 2.05) is 6.07 Å². The van der Waals surface area contributed by atoms with Crippen LogP contribution >= 0.6 is 11.3 Å². The lowest BCUT2D eigenvalue weighted by Crippen LogP contribution is -2.60. The molecule has 1 aliphatic carbocycles. The van der Waals surface area contributed by atoms with Crippen LogP contribution < -0.4 is 10.6 Å². The fourth-order valence-corrected chi connectivity index (χ4v) is 6.62. The number of thiazole rings is 1. The van der Waals surface area contributed by atoms with E-state index in [-0.39, 0.29) is 11.3 Å². The van der Waals surface area contributed by atoms with E-state index in [0.29, 0.717) is 18.5 Å². The van der Waals surface area contributed by atoms with Crippen LogP contribution in [0.25, 0.3) is 10.2 Å². The van der Waals surface area contributed by atoms with Crippen molar-refractivity contribution >= 4 is 27.5 Å². The molecule has 1 amide bonds. The van der Waals surface area contributed by atoms with E-state index in [1.165, 1.54) is 4.70 Å². The average molecular weight is 429 g/mol. The lowest BCUT2D eigenvalue weighted by molar-refractivity contribution is -0.140. The van der Waals surface area contributed by atoms with E-state index in [9.17, 15) is 4.79 Å². The summed E-state index contributed by atoms with van der Waals surface area (Å²) in [6.07, 6.45) is 5.15. The van der Waals surface area contributed by atoms with E-state index in [1.54, 1.807) is 11.3 Å².